The highest BCUT2D eigenvalue weighted by molar-refractivity contribution is 9.10. The molecule has 0 fully saturated rings. The van der Waals surface area contributed by atoms with Crippen LogP contribution < -0.4 is 5.32 Å². The van der Waals surface area contributed by atoms with Crippen molar-refractivity contribution in [1.29, 1.82) is 0 Å². The number of hydrogen-bond acceptors (Lipinski definition) is 3. The molecule has 0 saturated carbocycles. The maximum Gasteiger partial charge on any atom is 0.150 e. The molecule has 3 nitrogen and oxygen atoms in total. The van der Waals surface area contributed by atoms with E-state index in [1.807, 2.05) is 12.1 Å². The minimum absolute atomic E-state index is 0.231. The van der Waals surface area contributed by atoms with Crippen LogP contribution in [-0.2, 0) is 9.84 Å². The second-order valence-electron chi connectivity index (χ2n) is 4.32. The normalized spacial score (nSPS) is 13.5. The smallest absolute Gasteiger partial charge is 0.150 e. The summed E-state index contributed by atoms with van der Waals surface area (Å²) in [5, 5.41) is 3.34. The van der Waals surface area contributed by atoms with Crippen LogP contribution in [0, 0.1) is 0 Å². The molecule has 5 heteroatoms. The first kappa shape index (κ1) is 15.7. The van der Waals surface area contributed by atoms with Crippen LogP contribution in [0.4, 0.5) is 0 Å². The highest BCUT2D eigenvalue weighted by atomic mass is 79.9. The molecule has 18 heavy (non-hydrogen) atoms. The standard InChI is InChI=1S/C13H20BrNO2S/c1-3-18(16,17)10-4-9-15-11(2)12-5-7-13(14)8-6-12/h5-8,11,15H,3-4,9-10H2,1-2H3. The van der Waals surface area contributed by atoms with E-state index in [0.29, 0.717) is 6.42 Å². The van der Waals surface area contributed by atoms with E-state index < -0.39 is 9.84 Å². The second kappa shape index (κ2) is 7.26. The first-order chi connectivity index (χ1) is 8.44. The Kier molecular flexibility index (Phi) is 6.32. The Bertz CT molecular complexity index is 456. The summed E-state index contributed by atoms with van der Waals surface area (Å²) in [7, 11) is -2.83. The van der Waals surface area contributed by atoms with Gasteiger partial charge in [0.1, 0.15) is 9.84 Å². The SMILES string of the molecule is CCS(=O)(=O)CCCNC(C)c1ccc(Br)cc1. The second-order valence-corrected chi connectivity index (χ2v) is 7.71. The molecule has 1 rings (SSSR count). The highest BCUT2D eigenvalue weighted by Gasteiger charge is 2.08. The summed E-state index contributed by atoms with van der Waals surface area (Å²) in [5.41, 5.74) is 1.21. The molecule has 0 radical (unpaired) electrons. The summed E-state index contributed by atoms with van der Waals surface area (Å²) in [6.07, 6.45) is 0.664. The van der Waals surface area contributed by atoms with E-state index in [0.717, 1.165) is 11.0 Å². The van der Waals surface area contributed by atoms with Crippen molar-refractivity contribution in [3.05, 3.63) is 34.3 Å². The van der Waals surface area contributed by atoms with E-state index in [1.165, 1.54) is 5.56 Å². The third-order valence-corrected chi connectivity index (χ3v) is 5.21. The van der Waals surface area contributed by atoms with Gasteiger partial charge in [-0.2, -0.15) is 0 Å². The van der Waals surface area contributed by atoms with Gasteiger partial charge in [-0.25, -0.2) is 8.42 Å². The van der Waals surface area contributed by atoms with Gasteiger partial charge in [-0.15, -0.1) is 0 Å². The number of halogens is 1. The van der Waals surface area contributed by atoms with Crippen molar-refractivity contribution in [3.63, 3.8) is 0 Å². The largest absolute Gasteiger partial charge is 0.310 e. The van der Waals surface area contributed by atoms with Gasteiger partial charge in [0, 0.05) is 16.3 Å². The molecule has 0 heterocycles. The fourth-order valence-corrected chi connectivity index (χ4v) is 2.76. The van der Waals surface area contributed by atoms with Crippen LogP contribution in [0.15, 0.2) is 28.7 Å². The predicted molar refractivity (Wildman–Crippen MR) is 79.5 cm³/mol. The molecule has 1 aromatic rings. The van der Waals surface area contributed by atoms with E-state index in [-0.39, 0.29) is 17.5 Å². The molecular weight excluding hydrogens is 314 g/mol. The van der Waals surface area contributed by atoms with Gasteiger partial charge in [-0.3, -0.25) is 0 Å². The van der Waals surface area contributed by atoms with Crippen LogP contribution in [0.3, 0.4) is 0 Å². The molecule has 0 aliphatic carbocycles. The summed E-state index contributed by atoms with van der Waals surface area (Å²) in [6.45, 7) is 4.49. The number of nitrogens with one attached hydrogen (secondary N) is 1. The highest BCUT2D eigenvalue weighted by Crippen LogP contribution is 2.16. The van der Waals surface area contributed by atoms with Gasteiger partial charge in [0.05, 0.1) is 5.75 Å². The zero-order valence-corrected chi connectivity index (χ0v) is 13.2. The van der Waals surface area contributed by atoms with Gasteiger partial charge in [-0.1, -0.05) is 35.0 Å². The Hall–Kier alpha value is -0.390. The Balaban J connectivity index is 2.34. The number of rotatable bonds is 7. The molecule has 1 N–H and O–H groups in total. The molecule has 102 valence electrons. The molecule has 0 amide bonds. The molecule has 1 atom stereocenters. The average molecular weight is 334 g/mol. The van der Waals surface area contributed by atoms with Crippen molar-refractivity contribution in [1.82, 2.24) is 5.32 Å². The molecule has 0 spiro atoms. The first-order valence-corrected chi connectivity index (χ1v) is 8.75. The van der Waals surface area contributed by atoms with E-state index in [9.17, 15) is 8.42 Å². The summed E-state index contributed by atoms with van der Waals surface area (Å²) in [4.78, 5) is 0. The van der Waals surface area contributed by atoms with Gasteiger partial charge in [-0.05, 0) is 37.6 Å². The molecule has 0 bridgehead atoms. The van der Waals surface area contributed by atoms with Crippen LogP contribution in [0.2, 0.25) is 0 Å². The van der Waals surface area contributed by atoms with Gasteiger partial charge in [0.2, 0.25) is 0 Å². The Labute approximate surface area is 118 Å². The Morgan fingerprint density at radius 3 is 2.44 bits per heavy atom. The predicted octanol–water partition coefficient (Wildman–Crippen LogP) is 2.92. The van der Waals surface area contributed by atoms with Crippen LogP contribution in [0.1, 0.15) is 31.9 Å². The van der Waals surface area contributed by atoms with Crippen molar-refractivity contribution >= 4 is 25.8 Å². The summed E-state index contributed by atoms with van der Waals surface area (Å²) in [5.74, 6) is 0.499. The van der Waals surface area contributed by atoms with E-state index in [4.69, 9.17) is 0 Å². The van der Waals surface area contributed by atoms with Crippen LogP contribution >= 0.6 is 15.9 Å². The van der Waals surface area contributed by atoms with Crippen molar-refractivity contribution < 1.29 is 8.42 Å². The zero-order valence-electron chi connectivity index (χ0n) is 10.8. The monoisotopic (exact) mass is 333 g/mol. The maximum atomic E-state index is 11.3. The van der Waals surface area contributed by atoms with Crippen molar-refractivity contribution in [2.45, 2.75) is 26.3 Å². The third-order valence-electron chi connectivity index (χ3n) is 2.89. The lowest BCUT2D eigenvalue weighted by Crippen LogP contribution is -2.22. The first-order valence-electron chi connectivity index (χ1n) is 6.14. The Morgan fingerprint density at radius 2 is 1.89 bits per heavy atom. The third kappa shape index (κ3) is 5.50. The minimum atomic E-state index is -2.83. The van der Waals surface area contributed by atoms with Crippen LogP contribution in [0.25, 0.3) is 0 Å². The van der Waals surface area contributed by atoms with Crippen LogP contribution in [-0.4, -0.2) is 26.5 Å². The minimum Gasteiger partial charge on any atom is -0.310 e. The number of hydrogen-bond donors (Lipinski definition) is 1. The lowest BCUT2D eigenvalue weighted by atomic mass is 10.1. The maximum absolute atomic E-state index is 11.3. The molecule has 0 aliphatic rings. The fourth-order valence-electron chi connectivity index (χ4n) is 1.62. The van der Waals surface area contributed by atoms with Crippen molar-refractivity contribution in [3.8, 4) is 0 Å². The van der Waals surface area contributed by atoms with Crippen molar-refractivity contribution in [2.75, 3.05) is 18.1 Å². The zero-order chi connectivity index (χ0) is 13.6. The summed E-state index contributed by atoms with van der Waals surface area (Å²) >= 11 is 3.40. The topological polar surface area (TPSA) is 46.2 Å². The van der Waals surface area contributed by atoms with E-state index >= 15 is 0 Å². The Morgan fingerprint density at radius 1 is 1.28 bits per heavy atom. The van der Waals surface area contributed by atoms with Crippen molar-refractivity contribution in [2.24, 2.45) is 0 Å². The lowest BCUT2D eigenvalue weighted by Gasteiger charge is -2.14. The molecule has 1 aromatic carbocycles. The molecule has 0 saturated heterocycles. The molecular formula is C13H20BrNO2S. The average Bonchev–Trinajstić information content (AvgIpc) is 2.35. The van der Waals surface area contributed by atoms with Crippen LogP contribution in [0.5, 0.6) is 0 Å². The molecule has 0 aliphatic heterocycles. The fraction of sp³-hybridized carbons (Fsp3) is 0.538. The summed E-state index contributed by atoms with van der Waals surface area (Å²) in [6, 6.07) is 8.38. The van der Waals surface area contributed by atoms with Gasteiger partial charge >= 0.3 is 0 Å². The van der Waals surface area contributed by atoms with Gasteiger partial charge < -0.3 is 5.32 Å². The number of sulfone groups is 1. The number of benzene rings is 1. The molecule has 0 aromatic heterocycles. The van der Waals surface area contributed by atoms with Gasteiger partial charge in [0.25, 0.3) is 0 Å². The van der Waals surface area contributed by atoms with Gasteiger partial charge in [0.15, 0.2) is 0 Å². The molecule has 1 unspecified atom stereocenters. The quantitative estimate of drug-likeness (QED) is 0.780. The lowest BCUT2D eigenvalue weighted by molar-refractivity contribution is 0.560. The van der Waals surface area contributed by atoms with E-state index in [2.05, 4.69) is 40.3 Å². The summed E-state index contributed by atoms with van der Waals surface area (Å²) < 4.78 is 23.7. The van der Waals surface area contributed by atoms with E-state index in [1.54, 1.807) is 6.92 Å².